The molecular formula is C17H24N4. The molecule has 3 rings (SSSR count). The average Bonchev–Trinajstić information content (AvgIpc) is 2.97. The zero-order valence-electron chi connectivity index (χ0n) is 12.9. The molecule has 0 aliphatic heterocycles. The zero-order valence-corrected chi connectivity index (χ0v) is 12.9. The van der Waals surface area contributed by atoms with E-state index < -0.39 is 0 Å². The summed E-state index contributed by atoms with van der Waals surface area (Å²) in [6.45, 7) is 0.940. The van der Waals surface area contributed by atoms with Crippen molar-refractivity contribution in [3.8, 4) is 0 Å². The van der Waals surface area contributed by atoms with Crippen LogP contribution >= 0.6 is 0 Å². The van der Waals surface area contributed by atoms with Gasteiger partial charge in [-0.15, -0.1) is 0 Å². The van der Waals surface area contributed by atoms with Crippen LogP contribution in [0.4, 0.5) is 11.4 Å². The van der Waals surface area contributed by atoms with Crippen LogP contribution in [0.3, 0.4) is 0 Å². The maximum absolute atomic E-state index is 6.31. The van der Waals surface area contributed by atoms with Crippen molar-refractivity contribution in [2.75, 3.05) is 31.7 Å². The third-order valence-electron chi connectivity index (χ3n) is 4.92. The first-order chi connectivity index (χ1) is 10.1. The van der Waals surface area contributed by atoms with Gasteiger partial charge >= 0.3 is 0 Å². The van der Waals surface area contributed by atoms with Gasteiger partial charge in [-0.1, -0.05) is 12.8 Å². The van der Waals surface area contributed by atoms with E-state index in [0.29, 0.717) is 0 Å². The van der Waals surface area contributed by atoms with Crippen LogP contribution in [-0.4, -0.2) is 36.1 Å². The summed E-state index contributed by atoms with van der Waals surface area (Å²) >= 11 is 0. The summed E-state index contributed by atoms with van der Waals surface area (Å²) in [7, 11) is 4.36. The third-order valence-corrected chi connectivity index (χ3v) is 4.92. The quantitative estimate of drug-likeness (QED) is 0.847. The second-order valence-corrected chi connectivity index (χ2v) is 6.28. The third kappa shape index (κ3) is 2.56. The number of aromatic nitrogens is 1. The van der Waals surface area contributed by atoms with Gasteiger partial charge in [-0.3, -0.25) is 4.98 Å². The van der Waals surface area contributed by atoms with E-state index in [0.717, 1.165) is 28.8 Å². The molecule has 112 valence electrons. The molecule has 4 heteroatoms. The SMILES string of the molecule is CN(C)C1(CNc2ccc3ncccc3c2N)CCCC1. The summed E-state index contributed by atoms with van der Waals surface area (Å²) in [4.78, 5) is 6.71. The number of hydrogen-bond donors (Lipinski definition) is 2. The molecular weight excluding hydrogens is 260 g/mol. The van der Waals surface area contributed by atoms with Gasteiger partial charge in [-0.05, 0) is 51.2 Å². The van der Waals surface area contributed by atoms with Crippen LogP contribution in [0.2, 0.25) is 0 Å². The molecule has 0 bridgehead atoms. The number of nitrogens with two attached hydrogens (primary N) is 1. The Morgan fingerprint density at radius 1 is 1.24 bits per heavy atom. The first-order valence-corrected chi connectivity index (χ1v) is 7.67. The van der Waals surface area contributed by atoms with Gasteiger partial charge in [0, 0.05) is 23.7 Å². The number of nitrogens with one attached hydrogen (secondary N) is 1. The summed E-state index contributed by atoms with van der Waals surface area (Å²) in [5.41, 5.74) is 9.33. The standard InChI is InChI=1S/C17H24N4/c1-21(2)17(9-3-4-10-17)12-20-15-8-7-14-13(16(15)18)6-5-11-19-14/h5-8,11,20H,3-4,9-10,12,18H2,1-2H3. The number of benzene rings is 1. The summed E-state index contributed by atoms with van der Waals surface area (Å²) in [5.74, 6) is 0. The number of likely N-dealkylation sites (N-methyl/N-ethyl adjacent to an activating group) is 1. The number of fused-ring (bicyclic) bond motifs is 1. The van der Waals surface area contributed by atoms with Gasteiger partial charge in [-0.25, -0.2) is 0 Å². The van der Waals surface area contributed by atoms with E-state index in [1.807, 2.05) is 24.3 Å². The fourth-order valence-corrected chi connectivity index (χ4v) is 3.40. The van der Waals surface area contributed by atoms with E-state index in [9.17, 15) is 0 Å². The van der Waals surface area contributed by atoms with Crippen molar-refractivity contribution >= 4 is 22.3 Å². The van der Waals surface area contributed by atoms with Crippen molar-refractivity contribution in [3.63, 3.8) is 0 Å². The second kappa shape index (κ2) is 5.53. The Hall–Kier alpha value is -1.81. The Bertz CT molecular complexity index is 630. The lowest BCUT2D eigenvalue weighted by molar-refractivity contribution is 0.172. The van der Waals surface area contributed by atoms with E-state index in [1.165, 1.54) is 25.7 Å². The van der Waals surface area contributed by atoms with Crippen LogP contribution in [-0.2, 0) is 0 Å². The molecule has 0 atom stereocenters. The Morgan fingerprint density at radius 2 is 2.00 bits per heavy atom. The lowest BCUT2D eigenvalue weighted by Gasteiger charge is -2.37. The molecule has 0 amide bonds. The largest absolute Gasteiger partial charge is 0.397 e. The molecule has 0 spiro atoms. The van der Waals surface area contributed by atoms with Crippen LogP contribution in [0, 0.1) is 0 Å². The van der Waals surface area contributed by atoms with Gasteiger partial charge in [0.05, 0.1) is 16.9 Å². The van der Waals surface area contributed by atoms with Crippen molar-refractivity contribution in [2.45, 2.75) is 31.2 Å². The fourth-order valence-electron chi connectivity index (χ4n) is 3.40. The highest BCUT2D eigenvalue weighted by Gasteiger charge is 2.35. The highest BCUT2D eigenvalue weighted by molar-refractivity contribution is 5.96. The van der Waals surface area contributed by atoms with E-state index in [-0.39, 0.29) is 5.54 Å². The number of nitrogens with zero attached hydrogens (tertiary/aromatic N) is 2. The van der Waals surface area contributed by atoms with Crippen LogP contribution < -0.4 is 11.1 Å². The summed E-state index contributed by atoms with van der Waals surface area (Å²) in [6, 6.07) is 8.04. The van der Waals surface area contributed by atoms with Crippen LogP contribution in [0.1, 0.15) is 25.7 Å². The molecule has 0 radical (unpaired) electrons. The Labute approximate surface area is 126 Å². The molecule has 3 N–H and O–H groups in total. The van der Waals surface area contributed by atoms with Crippen LogP contribution in [0.15, 0.2) is 30.5 Å². The molecule has 4 nitrogen and oxygen atoms in total. The van der Waals surface area contributed by atoms with Crippen molar-refractivity contribution in [1.29, 1.82) is 0 Å². The molecule has 1 aliphatic carbocycles. The van der Waals surface area contributed by atoms with Gasteiger partial charge in [0.2, 0.25) is 0 Å². The number of pyridine rings is 1. The topological polar surface area (TPSA) is 54.2 Å². The van der Waals surface area contributed by atoms with Crippen molar-refractivity contribution < 1.29 is 0 Å². The number of hydrogen-bond acceptors (Lipinski definition) is 4. The highest BCUT2D eigenvalue weighted by atomic mass is 15.2. The predicted molar refractivity (Wildman–Crippen MR) is 89.5 cm³/mol. The minimum Gasteiger partial charge on any atom is -0.397 e. The Balaban J connectivity index is 1.83. The number of anilines is 2. The minimum atomic E-state index is 0.260. The lowest BCUT2D eigenvalue weighted by Crippen LogP contribution is -2.47. The summed E-state index contributed by atoms with van der Waals surface area (Å²) in [5, 5.41) is 4.60. The molecule has 2 aromatic rings. The second-order valence-electron chi connectivity index (χ2n) is 6.28. The van der Waals surface area contributed by atoms with Gasteiger partial charge < -0.3 is 16.0 Å². The molecule has 1 saturated carbocycles. The maximum Gasteiger partial charge on any atom is 0.0724 e. The molecule has 1 fully saturated rings. The zero-order chi connectivity index (χ0) is 14.9. The van der Waals surface area contributed by atoms with E-state index in [1.54, 1.807) is 6.20 Å². The first kappa shape index (κ1) is 14.1. The molecule has 0 saturated heterocycles. The minimum absolute atomic E-state index is 0.260. The van der Waals surface area contributed by atoms with E-state index >= 15 is 0 Å². The van der Waals surface area contributed by atoms with Gasteiger partial charge in [0.15, 0.2) is 0 Å². The summed E-state index contributed by atoms with van der Waals surface area (Å²) in [6.07, 6.45) is 6.94. The Kier molecular flexibility index (Phi) is 3.72. The lowest BCUT2D eigenvalue weighted by atomic mass is 9.95. The monoisotopic (exact) mass is 284 g/mol. The predicted octanol–water partition coefficient (Wildman–Crippen LogP) is 3.10. The van der Waals surface area contributed by atoms with Gasteiger partial charge in [0.25, 0.3) is 0 Å². The van der Waals surface area contributed by atoms with E-state index in [2.05, 4.69) is 29.3 Å². The van der Waals surface area contributed by atoms with Crippen molar-refractivity contribution in [2.24, 2.45) is 0 Å². The van der Waals surface area contributed by atoms with Crippen molar-refractivity contribution in [1.82, 2.24) is 9.88 Å². The smallest absolute Gasteiger partial charge is 0.0724 e. The average molecular weight is 284 g/mol. The molecule has 1 aromatic carbocycles. The fraction of sp³-hybridized carbons (Fsp3) is 0.471. The van der Waals surface area contributed by atoms with Gasteiger partial charge in [0.1, 0.15) is 0 Å². The maximum atomic E-state index is 6.31. The molecule has 1 heterocycles. The number of nitrogen functional groups attached to an aromatic ring is 1. The van der Waals surface area contributed by atoms with Gasteiger partial charge in [-0.2, -0.15) is 0 Å². The summed E-state index contributed by atoms with van der Waals surface area (Å²) < 4.78 is 0. The van der Waals surface area contributed by atoms with Crippen molar-refractivity contribution in [3.05, 3.63) is 30.5 Å². The molecule has 0 unspecified atom stereocenters. The van der Waals surface area contributed by atoms with E-state index in [4.69, 9.17) is 5.73 Å². The van der Waals surface area contributed by atoms with Crippen LogP contribution in [0.5, 0.6) is 0 Å². The normalized spacial score (nSPS) is 17.5. The first-order valence-electron chi connectivity index (χ1n) is 7.67. The molecule has 1 aromatic heterocycles. The number of rotatable bonds is 4. The molecule has 21 heavy (non-hydrogen) atoms. The Morgan fingerprint density at radius 3 is 2.71 bits per heavy atom. The highest BCUT2D eigenvalue weighted by Crippen LogP contribution is 2.35. The van der Waals surface area contributed by atoms with Crippen LogP contribution in [0.25, 0.3) is 10.9 Å². The molecule has 1 aliphatic rings.